The molecule has 17 heavy (non-hydrogen) atoms. The third-order valence-corrected chi connectivity index (χ3v) is 2.63. The van der Waals surface area contributed by atoms with Crippen molar-refractivity contribution in [1.29, 1.82) is 0 Å². The average Bonchev–Trinajstić information content (AvgIpc) is 2.29. The summed E-state index contributed by atoms with van der Waals surface area (Å²) in [4.78, 5) is 5.30. The quantitative estimate of drug-likeness (QED) is 0.774. The Morgan fingerprint density at radius 3 is 2.59 bits per heavy atom. The summed E-state index contributed by atoms with van der Waals surface area (Å²) in [6, 6.07) is 3.83. The smallest absolute Gasteiger partial charge is 0.398 e. The van der Waals surface area contributed by atoms with Gasteiger partial charge in [0.2, 0.25) is 0 Å². The molecule has 0 atom stereocenters. The van der Waals surface area contributed by atoms with Gasteiger partial charge in [-0.15, -0.1) is 0 Å². The number of hydrogen-bond acceptors (Lipinski definition) is 3. The van der Waals surface area contributed by atoms with Gasteiger partial charge in [0.25, 0.3) is 0 Å². The average molecular weight is 246 g/mol. The number of benzene rings is 1. The van der Waals surface area contributed by atoms with Crippen molar-refractivity contribution in [3.8, 4) is 0 Å². The predicted molar refractivity (Wildman–Crippen MR) is 58.4 cm³/mol. The van der Waals surface area contributed by atoms with Gasteiger partial charge in [0.1, 0.15) is 0 Å². The lowest BCUT2D eigenvalue weighted by molar-refractivity contribution is -0.136. The van der Waals surface area contributed by atoms with Gasteiger partial charge in [0.05, 0.1) is 17.9 Å². The molecule has 0 aliphatic carbocycles. The van der Waals surface area contributed by atoms with E-state index in [1.165, 1.54) is 17.2 Å². The fourth-order valence-electron chi connectivity index (χ4n) is 1.75. The number of halogens is 3. The van der Waals surface area contributed by atoms with Crippen LogP contribution in [-0.4, -0.2) is 13.2 Å². The Morgan fingerprint density at radius 2 is 2.00 bits per heavy atom. The second-order valence-corrected chi connectivity index (χ2v) is 3.91. The van der Waals surface area contributed by atoms with Gasteiger partial charge < -0.3 is 5.73 Å². The van der Waals surface area contributed by atoms with Crippen molar-refractivity contribution in [1.82, 2.24) is 0 Å². The molecule has 1 fully saturated rings. The van der Waals surface area contributed by atoms with Crippen LogP contribution in [0.15, 0.2) is 18.2 Å². The van der Waals surface area contributed by atoms with Crippen LogP contribution < -0.4 is 10.8 Å². The van der Waals surface area contributed by atoms with E-state index in [2.05, 4.69) is 0 Å². The minimum Gasteiger partial charge on any atom is -0.398 e. The first-order valence-corrected chi connectivity index (χ1v) is 5.35. The molecule has 1 aliphatic rings. The summed E-state index contributed by atoms with van der Waals surface area (Å²) in [5, 5.41) is 1.48. The highest BCUT2D eigenvalue weighted by Gasteiger charge is 2.33. The Hall–Kier alpha value is -1.43. The maximum absolute atomic E-state index is 12.7. The van der Waals surface area contributed by atoms with E-state index in [4.69, 9.17) is 10.6 Å². The van der Waals surface area contributed by atoms with Gasteiger partial charge in [-0.25, -0.2) is 0 Å². The molecule has 0 amide bonds. The lowest BCUT2D eigenvalue weighted by atomic mass is 10.1. The number of nitrogen functional groups attached to an aromatic ring is 1. The van der Waals surface area contributed by atoms with Gasteiger partial charge in [-0.05, 0) is 31.0 Å². The highest BCUT2D eigenvalue weighted by atomic mass is 19.4. The Labute approximate surface area is 96.9 Å². The third kappa shape index (κ3) is 2.63. The summed E-state index contributed by atoms with van der Waals surface area (Å²) in [7, 11) is 0. The highest BCUT2D eigenvalue weighted by molar-refractivity contribution is 5.58. The molecular weight excluding hydrogens is 233 g/mol. The molecule has 0 unspecified atom stereocenters. The van der Waals surface area contributed by atoms with E-state index in [1.54, 1.807) is 0 Å². The molecule has 0 bridgehead atoms. The van der Waals surface area contributed by atoms with Gasteiger partial charge in [-0.2, -0.15) is 13.2 Å². The number of anilines is 2. The van der Waals surface area contributed by atoms with Crippen LogP contribution in [0.25, 0.3) is 0 Å². The van der Waals surface area contributed by atoms with Crippen LogP contribution in [0.3, 0.4) is 0 Å². The standard InChI is InChI=1S/C11H13F3N2O/c12-11(13,14)9-7-8(3-4-10(9)15)16-5-1-2-6-17-16/h3-4,7H,1-2,5-6,15H2. The van der Waals surface area contributed by atoms with E-state index >= 15 is 0 Å². The zero-order valence-electron chi connectivity index (χ0n) is 9.13. The fraction of sp³-hybridized carbons (Fsp3) is 0.455. The number of rotatable bonds is 1. The highest BCUT2D eigenvalue weighted by Crippen LogP contribution is 2.36. The summed E-state index contributed by atoms with van der Waals surface area (Å²) in [6.07, 6.45) is -2.60. The van der Waals surface area contributed by atoms with Gasteiger partial charge >= 0.3 is 6.18 Å². The molecule has 2 rings (SSSR count). The number of hydroxylamine groups is 1. The van der Waals surface area contributed by atoms with E-state index < -0.39 is 11.7 Å². The Morgan fingerprint density at radius 1 is 1.24 bits per heavy atom. The van der Waals surface area contributed by atoms with Crippen molar-refractivity contribution in [2.75, 3.05) is 23.9 Å². The zero-order chi connectivity index (χ0) is 12.5. The zero-order valence-corrected chi connectivity index (χ0v) is 9.13. The topological polar surface area (TPSA) is 38.5 Å². The predicted octanol–water partition coefficient (Wildman–Crippen LogP) is 2.82. The Bertz CT molecular complexity index is 400. The van der Waals surface area contributed by atoms with E-state index in [0.29, 0.717) is 18.8 Å². The molecule has 2 N–H and O–H groups in total. The fourth-order valence-corrected chi connectivity index (χ4v) is 1.75. The van der Waals surface area contributed by atoms with Crippen molar-refractivity contribution in [3.05, 3.63) is 23.8 Å². The summed E-state index contributed by atoms with van der Waals surface area (Å²) < 4.78 is 38.0. The molecule has 94 valence electrons. The van der Waals surface area contributed by atoms with Crippen molar-refractivity contribution in [2.24, 2.45) is 0 Å². The van der Waals surface area contributed by atoms with Gasteiger partial charge in [-0.3, -0.25) is 9.90 Å². The molecule has 1 heterocycles. The van der Waals surface area contributed by atoms with Crippen LogP contribution in [0.4, 0.5) is 24.5 Å². The molecule has 3 nitrogen and oxygen atoms in total. The van der Waals surface area contributed by atoms with Crippen molar-refractivity contribution in [3.63, 3.8) is 0 Å². The molecule has 0 saturated carbocycles. The monoisotopic (exact) mass is 246 g/mol. The molecule has 1 aromatic rings. The summed E-state index contributed by atoms with van der Waals surface area (Å²) in [6.45, 7) is 1.13. The summed E-state index contributed by atoms with van der Waals surface area (Å²) >= 11 is 0. The van der Waals surface area contributed by atoms with Crippen molar-refractivity contribution < 1.29 is 18.0 Å². The van der Waals surface area contributed by atoms with Gasteiger partial charge in [0.15, 0.2) is 0 Å². The first-order chi connectivity index (χ1) is 7.98. The van der Waals surface area contributed by atoms with E-state index in [0.717, 1.165) is 18.9 Å². The molecule has 0 aromatic heterocycles. The molecule has 1 saturated heterocycles. The Kier molecular flexibility index (Phi) is 3.15. The van der Waals surface area contributed by atoms with Crippen LogP contribution in [0.5, 0.6) is 0 Å². The van der Waals surface area contributed by atoms with E-state index in [-0.39, 0.29) is 5.69 Å². The van der Waals surface area contributed by atoms with Crippen molar-refractivity contribution in [2.45, 2.75) is 19.0 Å². The number of nitrogens with two attached hydrogens (primary N) is 1. The maximum atomic E-state index is 12.7. The second-order valence-electron chi connectivity index (χ2n) is 3.91. The summed E-state index contributed by atoms with van der Waals surface area (Å²) in [5.41, 5.74) is 4.64. The minimum atomic E-state index is -4.43. The third-order valence-electron chi connectivity index (χ3n) is 2.63. The molecule has 0 radical (unpaired) electrons. The van der Waals surface area contributed by atoms with E-state index in [9.17, 15) is 13.2 Å². The number of alkyl halides is 3. The van der Waals surface area contributed by atoms with Gasteiger partial charge in [0, 0.05) is 12.2 Å². The molecular formula is C11H13F3N2O. The van der Waals surface area contributed by atoms with Crippen molar-refractivity contribution >= 4 is 11.4 Å². The SMILES string of the molecule is Nc1ccc(N2CCCCO2)cc1C(F)(F)F. The first-order valence-electron chi connectivity index (χ1n) is 5.35. The van der Waals surface area contributed by atoms with Gasteiger partial charge in [-0.1, -0.05) is 0 Å². The maximum Gasteiger partial charge on any atom is 0.418 e. The molecule has 0 spiro atoms. The van der Waals surface area contributed by atoms with Crippen LogP contribution in [0, 0.1) is 0 Å². The lowest BCUT2D eigenvalue weighted by Crippen LogP contribution is -2.30. The normalized spacial score (nSPS) is 17.2. The largest absolute Gasteiger partial charge is 0.418 e. The van der Waals surface area contributed by atoms with Crippen LogP contribution in [-0.2, 0) is 11.0 Å². The lowest BCUT2D eigenvalue weighted by Gasteiger charge is -2.28. The van der Waals surface area contributed by atoms with Crippen LogP contribution in [0.2, 0.25) is 0 Å². The minimum absolute atomic E-state index is 0.266. The number of nitrogens with zero attached hydrogens (tertiary/aromatic N) is 1. The van der Waals surface area contributed by atoms with Crippen LogP contribution in [0.1, 0.15) is 18.4 Å². The molecule has 6 heteroatoms. The van der Waals surface area contributed by atoms with Crippen LogP contribution >= 0.6 is 0 Å². The number of hydrogen-bond donors (Lipinski definition) is 1. The summed E-state index contributed by atoms with van der Waals surface area (Å²) in [5.74, 6) is 0. The molecule has 1 aliphatic heterocycles. The molecule has 1 aromatic carbocycles. The second kappa shape index (κ2) is 4.44. The first kappa shape index (κ1) is 12.0. The Balaban J connectivity index is 2.30. The van der Waals surface area contributed by atoms with E-state index in [1.807, 2.05) is 0 Å².